The van der Waals surface area contributed by atoms with Crippen molar-refractivity contribution >= 4 is 40.6 Å². The summed E-state index contributed by atoms with van der Waals surface area (Å²) in [7, 11) is 0. The van der Waals surface area contributed by atoms with Crippen LogP contribution in [0.4, 0.5) is 17.1 Å². The number of aromatic nitrogens is 2. The van der Waals surface area contributed by atoms with Gasteiger partial charge in [-0.05, 0) is 24.3 Å². The molecule has 0 fully saturated rings. The van der Waals surface area contributed by atoms with E-state index in [1.807, 2.05) is 0 Å². The number of anilines is 2. The number of non-ortho nitro benzene ring substituents is 1. The summed E-state index contributed by atoms with van der Waals surface area (Å²) < 4.78 is 5.54. The highest BCUT2D eigenvalue weighted by Gasteiger charge is 2.13. The van der Waals surface area contributed by atoms with E-state index in [9.17, 15) is 19.7 Å². The summed E-state index contributed by atoms with van der Waals surface area (Å²) >= 11 is 1.03. The molecule has 1 aromatic heterocycles. The van der Waals surface area contributed by atoms with E-state index >= 15 is 0 Å². The topological polar surface area (TPSA) is 140 Å². The van der Waals surface area contributed by atoms with Crippen LogP contribution in [0.2, 0.25) is 0 Å². The van der Waals surface area contributed by atoms with Crippen LogP contribution in [0.1, 0.15) is 6.92 Å². The van der Waals surface area contributed by atoms with E-state index in [2.05, 4.69) is 20.8 Å². The molecule has 0 radical (unpaired) electrons. The number of nitrogens with one attached hydrogen (secondary N) is 2. The summed E-state index contributed by atoms with van der Waals surface area (Å²) in [4.78, 5) is 33.5. The Bertz CT molecular complexity index is 1070. The Hall–Kier alpha value is -3.73. The van der Waals surface area contributed by atoms with Crippen LogP contribution in [0.5, 0.6) is 0 Å². The number of hydrogen-bond acceptors (Lipinski definition) is 8. The molecule has 3 rings (SSSR count). The summed E-state index contributed by atoms with van der Waals surface area (Å²) in [5, 5.41) is 24.1. The van der Waals surface area contributed by atoms with Gasteiger partial charge in [-0.25, -0.2) is 0 Å². The SMILES string of the molecule is CC(=O)Nc1cccc(-c2nnc(SCC(=O)Nc3cccc([N+](=O)[O-])c3)o2)c1. The zero-order valence-electron chi connectivity index (χ0n) is 15.1. The maximum atomic E-state index is 12.1. The largest absolute Gasteiger partial charge is 0.411 e. The predicted molar refractivity (Wildman–Crippen MR) is 106 cm³/mol. The molecule has 0 aliphatic rings. The normalized spacial score (nSPS) is 10.4. The van der Waals surface area contributed by atoms with Crippen LogP contribution in [0.25, 0.3) is 11.5 Å². The van der Waals surface area contributed by atoms with E-state index in [1.54, 1.807) is 30.3 Å². The highest BCUT2D eigenvalue weighted by atomic mass is 32.2. The van der Waals surface area contributed by atoms with Crippen LogP contribution in [0.15, 0.2) is 58.2 Å². The zero-order chi connectivity index (χ0) is 20.8. The molecule has 0 aliphatic heterocycles. The van der Waals surface area contributed by atoms with Gasteiger partial charge in [0.2, 0.25) is 17.7 Å². The molecular formula is C18H15N5O5S. The molecule has 148 valence electrons. The molecule has 0 saturated heterocycles. The van der Waals surface area contributed by atoms with Crippen LogP contribution in [-0.4, -0.2) is 32.7 Å². The average molecular weight is 413 g/mol. The molecule has 10 nitrogen and oxygen atoms in total. The fraction of sp³-hybridized carbons (Fsp3) is 0.111. The quantitative estimate of drug-likeness (QED) is 0.341. The first-order valence-corrected chi connectivity index (χ1v) is 9.28. The second-order valence-electron chi connectivity index (χ2n) is 5.78. The van der Waals surface area contributed by atoms with Gasteiger partial charge in [0.05, 0.1) is 10.7 Å². The molecule has 3 aromatic rings. The molecule has 2 amide bonds. The lowest BCUT2D eigenvalue weighted by molar-refractivity contribution is -0.384. The Labute approximate surface area is 168 Å². The number of nitrogens with zero attached hydrogens (tertiary/aromatic N) is 3. The van der Waals surface area contributed by atoms with Gasteiger partial charge in [-0.2, -0.15) is 0 Å². The molecule has 0 bridgehead atoms. The monoisotopic (exact) mass is 413 g/mol. The van der Waals surface area contributed by atoms with E-state index in [0.717, 1.165) is 11.8 Å². The summed E-state index contributed by atoms with van der Waals surface area (Å²) in [6.07, 6.45) is 0. The van der Waals surface area contributed by atoms with E-state index in [-0.39, 0.29) is 34.4 Å². The first-order chi connectivity index (χ1) is 13.9. The first-order valence-electron chi connectivity index (χ1n) is 8.29. The minimum absolute atomic E-state index is 0.0176. The van der Waals surface area contributed by atoms with Crippen molar-refractivity contribution in [3.05, 3.63) is 58.6 Å². The van der Waals surface area contributed by atoms with Gasteiger partial charge in [0.25, 0.3) is 10.9 Å². The molecule has 0 atom stereocenters. The minimum Gasteiger partial charge on any atom is -0.411 e. The van der Waals surface area contributed by atoms with Gasteiger partial charge in [-0.15, -0.1) is 10.2 Å². The molecule has 2 aromatic carbocycles. The highest BCUT2D eigenvalue weighted by molar-refractivity contribution is 7.99. The Morgan fingerprint density at radius 3 is 2.55 bits per heavy atom. The molecule has 0 aliphatic carbocycles. The van der Waals surface area contributed by atoms with Crippen molar-refractivity contribution in [1.82, 2.24) is 10.2 Å². The van der Waals surface area contributed by atoms with E-state index in [0.29, 0.717) is 16.9 Å². The van der Waals surface area contributed by atoms with Crippen LogP contribution in [-0.2, 0) is 9.59 Å². The van der Waals surface area contributed by atoms with E-state index in [1.165, 1.54) is 25.1 Å². The van der Waals surface area contributed by atoms with Gasteiger partial charge >= 0.3 is 0 Å². The number of hydrogen-bond donors (Lipinski definition) is 2. The number of rotatable bonds is 7. The molecule has 0 saturated carbocycles. The minimum atomic E-state index is -0.536. The third-order valence-corrected chi connectivity index (χ3v) is 4.32. The highest BCUT2D eigenvalue weighted by Crippen LogP contribution is 2.25. The molecule has 1 heterocycles. The van der Waals surface area contributed by atoms with Gasteiger partial charge in [0.15, 0.2) is 0 Å². The number of carbonyl (C=O) groups is 2. The number of carbonyl (C=O) groups excluding carboxylic acids is 2. The second kappa shape index (κ2) is 8.97. The van der Waals surface area contributed by atoms with Crippen molar-refractivity contribution in [2.45, 2.75) is 12.1 Å². The fourth-order valence-electron chi connectivity index (χ4n) is 2.34. The smallest absolute Gasteiger partial charge is 0.277 e. The van der Waals surface area contributed by atoms with Crippen molar-refractivity contribution in [2.24, 2.45) is 0 Å². The molecule has 2 N–H and O–H groups in total. The van der Waals surface area contributed by atoms with Crippen molar-refractivity contribution in [3.8, 4) is 11.5 Å². The summed E-state index contributed by atoms with van der Waals surface area (Å²) in [6.45, 7) is 1.41. The standard InChI is InChI=1S/C18H15N5O5S/c1-11(24)19-13-5-2-4-12(8-13)17-21-22-18(28-17)29-10-16(25)20-14-6-3-7-15(9-14)23(26)27/h2-9H,10H2,1H3,(H,19,24)(H,20,25). The number of amides is 2. The number of benzene rings is 2. The van der Waals surface area contributed by atoms with Gasteiger partial charge < -0.3 is 15.1 Å². The average Bonchev–Trinajstić information content (AvgIpc) is 3.15. The molecular weight excluding hydrogens is 398 g/mol. The first kappa shape index (κ1) is 20.0. The van der Waals surface area contributed by atoms with Gasteiger partial charge in [-0.3, -0.25) is 19.7 Å². The predicted octanol–water partition coefficient (Wildman–Crippen LogP) is 3.33. The Kier molecular flexibility index (Phi) is 6.19. The molecule has 11 heteroatoms. The van der Waals surface area contributed by atoms with Crippen LogP contribution < -0.4 is 10.6 Å². The van der Waals surface area contributed by atoms with Crippen molar-refractivity contribution in [1.29, 1.82) is 0 Å². The number of thioether (sulfide) groups is 1. The summed E-state index contributed by atoms with van der Waals surface area (Å²) in [5.41, 5.74) is 1.43. The maximum Gasteiger partial charge on any atom is 0.277 e. The lowest BCUT2D eigenvalue weighted by atomic mass is 10.2. The Morgan fingerprint density at radius 2 is 1.83 bits per heavy atom. The number of nitro benzene ring substituents is 1. The second-order valence-corrected chi connectivity index (χ2v) is 6.71. The summed E-state index contributed by atoms with van der Waals surface area (Å²) in [5.74, 6) is -0.337. The summed E-state index contributed by atoms with van der Waals surface area (Å²) in [6, 6.07) is 12.6. The van der Waals surface area contributed by atoms with Crippen molar-refractivity contribution < 1.29 is 18.9 Å². The fourth-order valence-corrected chi connectivity index (χ4v) is 2.90. The lowest BCUT2D eigenvalue weighted by Gasteiger charge is -2.03. The molecule has 29 heavy (non-hydrogen) atoms. The third kappa shape index (κ3) is 5.62. The van der Waals surface area contributed by atoms with Crippen molar-refractivity contribution in [3.63, 3.8) is 0 Å². The van der Waals surface area contributed by atoms with Crippen LogP contribution in [0.3, 0.4) is 0 Å². The Balaban J connectivity index is 1.59. The lowest BCUT2D eigenvalue weighted by Crippen LogP contribution is -2.14. The van der Waals surface area contributed by atoms with Gasteiger partial charge in [-0.1, -0.05) is 23.9 Å². The zero-order valence-corrected chi connectivity index (χ0v) is 15.9. The van der Waals surface area contributed by atoms with Gasteiger partial charge in [0.1, 0.15) is 0 Å². The van der Waals surface area contributed by atoms with Crippen LogP contribution >= 0.6 is 11.8 Å². The van der Waals surface area contributed by atoms with E-state index in [4.69, 9.17) is 4.42 Å². The van der Waals surface area contributed by atoms with Crippen LogP contribution in [0, 0.1) is 10.1 Å². The van der Waals surface area contributed by atoms with Gasteiger partial charge in [0, 0.05) is 36.0 Å². The molecule has 0 spiro atoms. The maximum absolute atomic E-state index is 12.1. The van der Waals surface area contributed by atoms with Crippen molar-refractivity contribution in [2.75, 3.05) is 16.4 Å². The van der Waals surface area contributed by atoms with E-state index < -0.39 is 4.92 Å². The third-order valence-electron chi connectivity index (χ3n) is 3.50. The Morgan fingerprint density at radius 1 is 1.10 bits per heavy atom. The number of nitro groups is 1. The molecule has 0 unspecified atom stereocenters.